The number of nitrogens with zero attached hydrogens (tertiary/aromatic N) is 3. The topological polar surface area (TPSA) is 66.3 Å². The zero-order chi connectivity index (χ0) is 12.5. The van der Waals surface area contributed by atoms with E-state index in [4.69, 9.17) is 0 Å². The Balaban J connectivity index is 2.04. The lowest BCUT2D eigenvalue weighted by Crippen LogP contribution is -2.35. The highest BCUT2D eigenvalue weighted by Crippen LogP contribution is 2.35. The molecule has 1 aliphatic rings. The lowest BCUT2D eigenvalue weighted by Gasteiger charge is -2.29. The molecule has 0 bridgehead atoms. The van der Waals surface area contributed by atoms with E-state index in [0.717, 1.165) is 29.9 Å². The molecule has 0 spiro atoms. The van der Waals surface area contributed by atoms with Crippen molar-refractivity contribution in [2.24, 2.45) is 0 Å². The molecule has 2 aromatic rings. The van der Waals surface area contributed by atoms with E-state index in [1.165, 1.54) is 0 Å². The largest absolute Gasteiger partial charge is 0.506 e. The van der Waals surface area contributed by atoms with Gasteiger partial charge in [-0.25, -0.2) is 0 Å². The Morgan fingerprint density at radius 3 is 3.11 bits per heavy atom. The number of carbonyl (C=O) groups excluding carboxylic acids is 1. The summed E-state index contributed by atoms with van der Waals surface area (Å²) >= 11 is 1.15. The minimum absolute atomic E-state index is 0.142. The molecule has 0 saturated heterocycles. The maximum absolute atomic E-state index is 12.3. The summed E-state index contributed by atoms with van der Waals surface area (Å²) in [5.41, 5.74) is 1.94. The summed E-state index contributed by atoms with van der Waals surface area (Å²) in [6, 6.07) is 5.34. The third-order valence-corrected chi connectivity index (χ3v) is 3.52. The SMILES string of the molecule is O=C(c1csnn1)N1CCCc2cccc(O)c21. The molecule has 1 aromatic carbocycles. The van der Waals surface area contributed by atoms with Gasteiger partial charge in [-0.15, -0.1) is 5.10 Å². The molecule has 3 rings (SSSR count). The summed E-state index contributed by atoms with van der Waals surface area (Å²) in [7, 11) is 0. The van der Waals surface area contributed by atoms with Gasteiger partial charge in [0.1, 0.15) is 5.75 Å². The van der Waals surface area contributed by atoms with E-state index in [1.54, 1.807) is 22.4 Å². The predicted molar refractivity (Wildman–Crippen MR) is 68.0 cm³/mol. The van der Waals surface area contributed by atoms with Crippen molar-refractivity contribution in [2.75, 3.05) is 11.4 Å². The standard InChI is InChI=1S/C12H11N3O2S/c16-10-5-1-3-8-4-2-6-15(11(8)10)12(17)9-7-18-14-13-9/h1,3,5,7,16H,2,4,6H2. The van der Waals surface area contributed by atoms with E-state index < -0.39 is 0 Å². The van der Waals surface area contributed by atoms with E-state index in [2.05, 4.69) is 9.59 Å². The van der Waals surface area contributed by atoms with Gasteiger partial charge in [-0.05, 0) is 36.0 Å². The highest BCUT2D eigenvalue weighted by atomic mass is 32.1. The van der Waals surface area contributed by atoms with Gasteiger partial charge in [0, 0.05) is 11.9 Å². The molecule has 92 valence electrons. The number of amides is 1. The number of hydrogen-bond donors (Lipinski definition) is 1. The summed E-state index contributed by atoms with van der Waals surface area (Å²) in [6.45, 7) is 0.598. The van der Waals surface area contributed by atoms with Crippen LogP contribution in [0.25, 0.3) is 0 Å². The number of fused-ring (bicyclic) bond motifs is 1. The van der Waals surface area contributed by atoms with E-state index in [1.807, 2.05) is 6.07 Å². The predicted octanol–water partition coefficient (Wildman–Crippen LogP) is 1.84. The highest BCUT2D eigenvalue weighted by molar-refractivity contribution is 7.03. The molecule has 1 aliphatic heterocycles. The van der Waals surface area contributed by atoms with Crippen molar-refractivity contribution in [3.63, 3.8) is 0 Å². The van der Waals surface area contributed by atoms with Gasteiger partial charge in [-0.2, -0.15) is 0 Å². The van der Waals surface area contributed by atoms with Crippen LogP contribution in [0.5, 0.6) is 5.75 Å². The maximum atomic E-state index is 12.3. The van der Waals surface area contributed by atoms with Gasteiger partial charge in [-0.1, -0.05) is 16.6 Å². The number of aromatic hydroxyl groups is 1. The third-order valence-electron chi connectivity index (χ3n) is 3.02. The highest BCUT2D eigenvalue weighted by Gasteiger charge is 2.27. The van der Waals surface area contributed by atoms with Crippen molar-refractivity contribution < 1.29 is 9.90 Å². The van der Waals surface area contributed by atoms with Crippen molar-refractivity contribution in [1.82, 2.24) is 9.59 Å². The number of phenolic OH excluding ortho intramolecular Hbond substituents is 1. The molecule has 0 unspecified atom stereocenters. The van der Waals surface area contributed by atoms with Gasteiger partial charge in [0.25, 0.3) is 5.91 Å². The molecular weight excluding hydrogens is 250 g/mol. The van der Waals surface area contributed by atoms with Crippen LogP contribution in [0.2, 0.25) is 0 Å². The van der Waals surface area contributed by atoms with Crippen molar-refractivity contribution in [3.8, 4) is 5.75 Å². The summed E-state index contributed by atoms with van der Waals surface area (Å²) in [5.74, 6) is -0.0602. The fourth-order valence-electron chi connectivity index (χ4n) is 2.23. The Morgan fingerprint density at radius 2 is 2.33 bits per heavy atom. The van der Waals surface area contributed by atoms with Gasteiger partial charge < -0.3 is 10.0 Å². The second kappa shape index (κ2) is 4.38. The second-order valence-electron chi connectivity index (χ2n) is 4.14. The number of carbonyl (C=O) groups is 1. The van der Waals surface area contributed by atoms with Crippen LogP contribution in [-0.4, -0.2) is 27.1 Å². The van der Waals surface area contributed by atoms with Crippen molar-refractivity contribution in [3.05, 3.63) is 34.8 Å². The van der Waals surface area contributed by atoms with E-state index in [-0.39, 0.29) is 11.7 Å². The quantitative estimate of drug-likeness (QED) is 0.850. The Kier molecular flexibility index (Phi) is 2.71. The molecule has 0 atom stereocenters. The number of anilines is 1. The van der Waals surface area contributed by atoms with Crippen LogP contribution in [0.1, 0.15) is 22.5 Å². The first kappa shape index (κ1) is 11.2. The van der Waals surface area contributed by atoms with Crippen LogP contribution in [0.15, 0.2) is 23.6 Å². The van der Waals surface area contributed by atoms with Gasteiger partial charge >= 0.3 is 0 Å². The maximum Gasteiger partial charge on any atom is 0.279 e. The summed E-state index contributed by atoms with van der Waals surface area (Å²) in [4.78, 5) is 13.9. The second-order valence-corrected chi connectivity index (χ2v) is 4.75. The lowest BCUT2D eigenvalue weighted by molar-refractivity contribution is 0.0979. The summed E-state index contributed by atoms with van der Waals surface area (Å²) < 4.78 is 3.70. The zero-order valence-electron chi connectivity index (χ0n) is 9.54. The number of phenols is 1. The Morgan fingerprint density at radius 1 is 1.44 bits per heavy atom. The third kappa shape index (κ3) is 1.74. The zero-order valence-corrected chi connectivity index (χ0v) is 10.4. The molecule has 18 heavy (non-hydrogen) atoms. The van der Waals surface area contributed by atoms with Crippen LogP contribution in [0, 0.1) is 0 Å². The number of aryl methyl sites for hydroxylation is 1. The van der Waals surface area contributed by atoms with Crippen LogP contribution in [0.4, 0.5) is 5.69 Å². The molecule has 1 amide bonds. The molecule has 0 radical (unpaired) electrons. The first-order valence-corrected chi connectivity index (χ1v) is 6.51. The van der Waals surface area contributed by atoms with E-state index in [0.29, 0.717) is 17.9 Å². The van der Waals surface area contributed by atoms with Crippen LogP contribution in [-0.2, 0) is 6.42 Å². The molecule has 6 heteroatoms. The van der Waals surface area contributed by atoms with Gasteiger partial charge in [-0.3, -0.25) is 4.79 Å². The molecule has 2 heterocycles. The number of rotatable bonds is 1. The smallest absolute Gasteiger partial charge is 0.279 e. The molecule has 0 saturated carbocycles. The average molecular weight is 261 g/mol. The molecule has 0 aliphatic carbocycles. The molecule has 1 N–H and O–H groups in total. The minimum Gasteiger partial charge on any atom is -0.506 e. The first-order valence-electron chi connectivity index (χ1n) is 5.67. The normalized spacial score (nSPS) is 14.3. The van der Waals surface area contributed by atoms with Crippen LogP contribution in [0.3, 0.4) is 0 Å². The fraction of sp³-hybridized carbons (Fsp3) is 0.250. The lowest BCUT2D eigenvalue weighted by atomic mass is 10.0. The van der Waals surface area contributed by atoms with Gasteiger partial charge in [0.05, 0.1) is 5.69 Å². The first-order chi connectivity index (χ1) is 8.77. The number of para-hydroxylation sites is 1. The van der Waals surface area contributed by atoms with E-state index in [9.17, 15) is 9.90 Å². The van der Waals surface area contributed by atoms with Crippen molar-refractivity contribution in [2.45, 2.75) is 12.8 Å². The Hall–Kier alpha value is -1.95. The minimum atomic E-state index is -0.203. The van der Waals surface area contributed by atoms with E-state index >= 15 is 0 Å². The molecular formula is C12H11N3O2S. The van der Waals surface area contributed by atoms with Gasteiger partial charge in [0.2, 0.25) is 0 Å². The Bertz CT molecular complexity index is 583. The average Bonchev–Trinajstić information content (AvgIpc) is 2.91. The molecule has 5 nitrogen and oxygen atoms in total. The van der Waals surface area contributed by atoms with Crippen molar-refractivity contribution in [1.29, 1.82) is 0 Å². The number of benzene rings is 1. The van der Waals surface area contributed by atoms with Crippen LogP contribution < -0.4 is 4.90 Å². The van der Waals surface area contributed by atoms with Gasteiger partial charge in [0.15, 0.2) is 5.69 Å². The number of aromatic nitrogens is 2. The number of hydrogen-bond acceptors (Lipinski definition) is 5. The monoisotopic (exact) mass is 261 g/mol. The summed E-state index contributed by atoms with van der Waals surface area (Å²) in [6.07, 6.45) is 1.77. The van der Waals surface area contributed by atoms with Crippen LogP contribution >= 0.6 is 11.5 Å². The van der Waals surface area contributed by atoms with Crippen molar-refractivity contribution >= 4 is 23.1 Å². The Labute approximate surface area is 108 Å². The molecule has 0 fully saturated rings. The summed E-state index contributed by atoms with van der Waals surface area (Å²) in [5, 5.41) is 15.4. The fourth-order valence-corrected chi connectivity index (χ4v) is 2.66. The molecule has 1 aromatic heterocycles.